The second-order valence-corrected chi connectivity index (χ2v) is 7.50. The SMILES string of the molecule is Cc1ccc(NC(=O)CSCC(=O)NC2CCCCCCC2)cc1. The molecule has 132 valence electrons. The number of hydrogen-bond donors (Lipinski definition) is 2. The van der Waals surface area contributed by atoms with E-state index in [-0.39, 0.29) is 11.8 Å². The van der Waals surface area contributed by atoms with Crippen molar-refractivity contribution in [2.45, 2.75) is 57.9 Å². The Morgan fingerprint density at radius 1 is 0.958 bits per heavy atom. The fraction of sp³-hybridized carbons (Fsp3) is 0.579. The Kier molecular flexibility index (Phi) is 8.16. The van der Waals surface area contributed by atoms with Gasteiger partial charge in [-0.3, -0.25) is 9.59 Å². The zero-order chi connectivity index (χ0) is 17.2. The molecule has 0 spiro atoms. The second kappa shape index (κ2) is 10.4. The summed E-state index contributed by atoms with van der Waals surface area (Å²) in [7, 11) is 0. The van der Waals surface area contributed by atoms with Crippen LogP contribution in [0.3, 0.4) is 0 Å². The monoisotopic (exact) mass is 348 g/mol. The maximum absolute atomic E-state index is 12.0. The number of carbonyl (C=O) groups excluding carboxylic acids is 2. The third kappa shape index (κ3) is 7.39. The van der Waals surface area contributed by atoms with Gasteiger partial charge in [0.1, 0.15) is 0 Å². The molecule has 2 rings (SSSR count). The van der Waals surface area contributed by atoms with Gasteiger partial charge in [-0.2, -0.15) is 0 Å². The number of nitrogens with one attached hydrogen (secondary N) is 2. The molecule has 1 aromatic carbocycles. The summed E-state index contributed by atoms with van der Waals surface area (Å²) in [5.41, 5.74) is 1.96. The molecule has 2 amide bonds. The van der Waals surface area contributed by atoms with E-state index >= 15 is 0 Å². The van der Waals surface area contributed by atoms with Crippen molar-refractivity contribution in [1.82, 2.24) is 5.32 Å². The average Bonchev–Trinajstić information content (AvgIpc) is 2.52. The molecule has 1 fully saturated rings. The molecule has 0 heterocycles. The molecule has 0 radical (unpaired) electrons. The Morgan fingerprint density at radius 3 is 2.21 bits per heavy atom. The van der Waals surface area contributed by atoms with Gasteiger partial charge in [0.2, 0.25) is 11.8 Å². The molecule has 5 heteroatoms. The number of anilines is 1. The van der Waals surface area contributed by atoms with Crippen molar-refractivity contribution in [2.24, 2.45) is 0 Å². The van der Waals surface area contributed by atoms with Crippen molar-refractivity contribution in [3.63, 3.8) is 0 Å². The van der Waals surface area contributed by atoms with E-state index in [1.54, 1.807) is 0 Å². The number of carbonyl (C=O) groups is 2. The summed E-state index contributed by atoms with van der Waals surface area (Å²) in [6, 6.07) is 8.02. The minimum absolute atomic E-state index is 0.0497. The zero-order valence-corrected chi connectivity index (χ0v) is 15.3. The summed E-state index contributed by atoms with van der Waals surface area (Å²) in [4.78, 5) is 23.9. The van der Waals surface area contributed by atoms with Crippen molar-refractivity contribution >= 4 is 29.3 Å². The maximum Gasteiger partial charge on any atom is 0.234 e. The van der Waals surface area contributed by atoms with E-state index in [0.29, 0.717) is 17.5 Å². The minimum Gasteiger partial charge on any atom is -0.353 e. The summed E-state index contributed by atoms with van der Waals surface area (Å²) in [5.74, 6) is 0.625. The summed E-state index contributed by atoms with van der Waals surface area (Å²) < 4.78 is 0. The molecule has 2 N–H and O–H groups in total. The van der Waals surface area contributed by atoms with Crippen molar-refractivity contribution in [3.05, 3.63) is 29.8 Å². The Morgan fingerprint density at radius 2 is 1.54 bits per heavy atom. The maximum atomic E-state index is 12.0. The average molecular weight is 349 g/mol. The lowest BCUT2D eigenvalue weighted by atomic mass is 9.97. The second-order valence-electron chi connectivity index (χ2n) is 6.52. The van der Waals surface area contributed by atoms with E-state index in [1.165, 1.54) is 43.9 Å². The molecule has 1 aromatic rings. The fourth-order valence-corrected chi connectivity index (χ4v) is 3.57. The number of hydrogen-bond acceptors (Lipinski definition) is 3. The summed E-state index contributed by atoms with van der Waals surface area (Å²) in [6.07, 6.45) is 8.47. The molecule has 1 saturated carbocycles. The molecule has 1 aliphatic carbocycles. The fourth-order valence-electron chi connectivity index (χ4n) is 2.94. The third-order valence-corrected chi connectivity index (χ3v) is 5.20. The van der Waals surface area contributed by atoms with Gasteiger partial charge in [-0.1, -0.05) is 49.8 Å². The number of thioether (sulfide) groups is 1. The first kappa shape index (κ1) is 18.8. The standard InChI is InChI=1S/C19H28N2O2S/c1-15-9-11-17(12-10-15)21-19(23)14-24-13-18(22)20-16-7-5-3-2-4-6-8-16/h9-12,16H,2-8,13-14H2,1H3,(H,20,22)(H,21,23). The van der Waals surface area contributed by atoms with Crippen LogP contribution in [-0.2, 0) is 9.59 Å². The van der Waals surface area contributed by atoms with Gasteiger partial charge in [0.05, 0.1) is 11.5 Å². The lowest BCUT2D eigenvalue weighted by Crippen LogP contribution is -2.36. The van der Waals surface area contributed by atoms with E-state index in [0.717, 1.165) is 24.1 Å². The van der Waals surface area contributed by atoms with Crippen LogP contribution in [0.2, 0.25) is 0 Å². The molecule has 1 aliphatic rings. The highest BCUT2D eigenvalue weighted by molar-refractivity contribution is 8.00. The van der Waals surface area contributed by atoms with Crippen LogP contribution in [0, 0.1) is 6.92 Å². The van der Waals surface area contributed by atoms with Gasteiger partial charge in [-0.05, 0) is 31.9 Å². The number of benzene rings is 1. The van der Waals surface area contributed by atoms with E-state index in [4.69, 9.17) is 0 Å². The molecule has 0 saturated heterocycles. The lowest BCUT2D eigenvalue weighted by molar-refractivity contribution is -0.119. The van der Waals surface area contributed by atoms with Gasteiger partial charge in [-0.25, -0.2) is 0 Å². The van der Waals surface area contributed by atoms with Gasteiger partial charge in [0.15, 0.2) is 0 Å². The van der Waals surface area contributed by atoms with Crippen molar-refractivity contribution in [3.8, 4) is 0 Å². The van der Waals surface area contributed by atoms with Crippen molar-refractivity contribution in [1.29, 1.82) is 0 Å². The van der Waals surface area contributed by atoms with Gasteiger partial charge < -0.3 is 10.6 Å². The first-order valence-electron chi connectivity index (χ1n) is 8.87. The molecule has 0 atom stereocenters. The smallest absolute Gasteiger partial charge is 0.234 e. The van der Waals surface area contributed by atoms with Crippen molar-refractivity contribution < 1.29 is 9.59 Å². The summed E-state index contributed by atoms with van der Waals surface area (Å²) in [6.45, 7) is 2.01. The highest BCUT2D eigenvalue weighted by atomic mass is 32.2. The van der Waals surface area contributed by atoms with Gasteiger partial charge in [-0.15, -0.1) is 11.8 Å². The van der Waals surface area contributed by atoms with E-state index in [9.17, 15) is 9.59 Å². The number of amides is 2. The molecular formula is C19H28N2O2S. The Hall–Kier alpha value is -1.49. The Bertz CT molecular complexity index is 523. The van der Waals surface area contributed by atoms with Crippen LogP contribution >= 0.6 is 11.8 Å². The number of rotatable bonds is 6. The van der Waals surface area contributed by atoms with Gasteiger partial charge in [0, 0.05) is 11.7 Å². The molecular weight excluding hydrogens is 320 g/mol. The highest BCUT2D eigenvalue weighted by Gasteiger charge is 2.14. The summed E-state index contributed by atoms with van der Waals surface area (Å²) in [5, 5.41) is 5.97. The van der Waals surface area contributed by atoms with Crippen LogP contribution in [0.4, 0.5) is 5.69 Å². The molecule has 0 aromatic heterocycles. The zero-order valence-electron chi connectivity index (χ0n) is 14.5. The molecule has 0 aliphatic heterocycles. The largest absolute Gasteiger partial charge is 0.353 e. The van der Waals surface area contributed by atoms with E-state index in [1.807, 2.05) is 31.2 Å². The van der Waals surface area contributed by atoms with Gasteiger partial charge in [0.25, 0.3) is 0 Å². The first-order chi connectivity index (χ1) is 11.6. The third-order valence-electron chi connectivity index (χ3n) is 4.27. The van der Waals surface area contributed by atoms with Crippen LogP contribution in [0.15, 0.2) is 24.3 Å². The van der Waals surface area contributed by atoms with Crippen LogP contribution in [-0.4, -0.2) is 29.4 Å². The first-order valence-corrected chi connectivity index (χ1v) is 10.0. The normalized spacial score (nSPS) is 16.0. The predicted octanol–water partition coefficient (Wildman–Crippen LogP) is 3.90. The Balaban J connectivity index is 1.62. The molecule has 4 nitrogen and oxygen atoms in total. The van der Waals surface area contributed by atoms with Crippen LogP contribution in [0.25, 0.3) is 0 Å². The van der Waals surface area contributed by atoms with Crippen LogP contribution < -0.4 is 10.6 Å². The van der Waals surface area contributed by atoms with Crippen LogP contribution in [0.5, 0.6) is 0 Å². The molecule has 24 heavy (non-hydrogen) atoms. The molecule has 0 unspecified atom stereocenters. The summed E-state index contributed by atoms with van der Waals surface area (Å²) >= 11 is 1.37. The minimum atomic E-state index is -0.0670. The Labute approximate surface area is 149 Å². The molecule has 0 bridgehead atoms. The van der Waals surface area contributed by atoms with E-state index in [2.05, 4.69) is 10.6 Å². The van der Waals surface area contributed by atoms with Crippen LogP contribution in [0.1, 0.15) is 50.5 Å². The predicted molar refractivity (Wildman–Crippen MR) is 101 cm³/mol. The topological polar surface area (TPSA) is 58.2 Å². The highest BCUT2D eigenvalue weighted by Crippen LogP contribution is 2.17. The lowest BCUT2D eigenvalue weighted by Gasteiger charge is -2.20. The number of aryl methyl sites for hydroxylation is 1. The van der Waals surface area contributed by atoms with E-state index < -0.39 is 0 Å². The van der Waals surface area contributed by atoms with Crippen molar-refractivity contribution in [2.75, 3.05) is 16.8 Å². The quantitative estimate of drug-likeness (QED) is 0.820. The van der Waals surface area contributed by atoms with Gasteiger partial charge >= 0.3 is 0 Å².